The van der Waals surface area contributed by atoms with Gasteiger partial charge in [-0.25, -0.2) is 0 Å². The highest BCUT2D eigenvalue weighted by molar-refractivity contribution is 7.13. The highest BCUT2D eigenvalue weighted by atomic mass is 32.1. The van der Waals surface area contributed by atoms with Gasteiger partial charge in [-0.1, -0.05) is 34.3 Å². The fraction of sp³-hybridized carbons (Fsp3) is 0.143. The van der Waals surface area contributed by atoms with E-state index in [1.807, 2.05) is 31.2 Å². The molecule has 0 fully saturated rings. The Bertz CT molecular complexity index is 928. The molecule has 2 aromatic heterocycles. The minimum Gasteiger partial charge on any atom is -0.494 e. The standard InChI is InChI=1S/C14H12N4O3S/c1-7-2-4-8(5-3-7)6-18-13(20)9(12(15)19)11-10(14(18)21)16-17-22-11/h2-5,20H,6H2,1H3,(H2,15,19). The van der Waals surface area contributed by atoms with Crippen molar-refractivity contribution >= 4 is 27.7 Å². The predicted molar refractivity (Wildman–Crippen MR) is 82.1 cm³/mol. The molecular weight excluding hydrogens is 304 g/mol. The van der Waals surface area contributed by atoms with Crippen LogP contribution in [0.15, 0.2) is 29.1 Å². The maximum atomic E-state index is 12.4. The number of rotatable bonds is 3. The minimum atomic E-state index is -0.828. The molecule has 2 heterocycles. The molecule has 3 aromatic rings. The second-order valence-electron chi connectivity index (χ2n) is 4.89. The molecule has 1 amide bonds. The molecule has 7 nitrogen and oxygen atoms in total. The van der Waals surface area contributed by atoms with Gasteiger partial charge in [-0.3, -0.25) is 14.2 Å². The molecule has 0 bridgehead atoms. The smallest absolute Gasteiger partial charge is 0.283 e. The molecule has 3 rings (SSSR count). The number of amides is 1. The Kier molecular flexibility index (Phi) is 3.38. The summed E-state index contributed by atoms with van der Waals surface area (Å²) in [4.78, 5) is 24.0. The summed E-state index contributed by atoms with van der Waals surface area (Å²) in [6.07, 6.45) is 0. The summed E-state index contributed by atoms with van der Waals surface area (Å²) in [6.45, 7) is 2.06. The number of aryl methyl sites for hydroxylation is 1. The van der Waals surface area contributed by atoms with E-state index >= 15 is 0 Å². The van der Waals surface area contributed by atoms with E-state index in [0.717, 1.165) is 27.2 Å². The fourth-order valence-electron chi connectivity index (χ4n) is 2.20. The molecular formula is C14H12N4O3S. The molecule has 0 unspecified atom stereocenters. The van der Waals surface area contributed by atoms with Crippen molar-refractivity contribution in [2.75, 3.05) is 0 Å². The van der Waals surface area contributed by atoms with Gasteiger partial charge in [0.2, 0.25) is 5.88 Å². The van der Waals surface area contributed by atoms with Crippen LogP contribution in [0.2, 0.25) is 0 Å². The monoisotopic (exact) mass is 316 g/mol. The molecule has 8 heteroatoms. The van der Waals surface area contributed by atoms with Crippen LogP contribution in [0.3, 0.4) is 0 Å². The van der Waals surface area contributed by atoms with E-state index in [4.69, 9.17) is 5.73 Å². The maximum absolute atomic E-state index is 12.4. The van der Waals surface area contributed by atoms with Gasteiger partial charge in [0.1, 0.15) is 5.56 Å². The summed E-state index contributed by atoms with van der Waals surface area (Å²) in [7, 11) is 0. The van der Waals surface area contributed by atoms with Gasteiger partial charge < -0.3 is 10.8 Å². The Morgan fingerprint density at radius 2 is 2.05 bits per heavy atom. The normalized spacial score (nSPS) is 11.0. The average molecular weight is 316 g/mol. The van der Waals surface area contributed by atoms with Crippen LogP contribution in [-0.4, -0.2) is 25.2 Å². The summed E-state index contributed by atoms with van der Waals surface area (Å²) in [5.74, 6) is -1.29. The third kappa shape index (κ3) is 2.23. The van der Waals surface area contributed by atoms with Gasteiger partial charge in [0.15, 0.2) is 5.52 Å². The maximum Gasteiger partial charge on any atom is 0.283 e. The molecule has 0 atom stereocenters. The highest BCUT2D eigenvalue weighted by Crippen LogP contribution is 2.26. The molecule has 0 radical (unpaired) electrons. The van der Waals surface area contributed by atoms with Crippen LogP contribution in [0.1, 0.15) is 21.5 Å². The summed E-state index contributed by atoms with van der Waals surface area (Å²) in [5, 5.41) is 14.0. The molecule has 0 spiro atoms. The minimum absolute atomic E-state index is 0.0312. The van der Waals surface area contributed by atoms with Gasteiger partial charge in [-0.15, -0.1) is 5.10 Å². The zero-order valence-electron chi connectivity index (χ0n) is 11.6. The molecule has 0 aliphatic rings. The zero-order valence-corrected chi connectivity index (χ0v) is 12.4. The first-order valence-corrected chi connectivity index (χ1v) is 7.19. The van der Waals surface area contributed by atoms with Crippen LogP contribution >= 0.6 is 11.5 Å². The Hall–Kier alpha value is -2.74. The lowest BCUT2D eigenvalue weighted by Gasteiger charge is -2.11. The number of hydrogen-bond donors (Lipinski definition) is 2. The summed E-state index contributed by atoms with van der Waals surface area (Å²) < 4.78 is 4.95. The van der Waals surface area contributed by atoms with E-state index < -0.39 is 17.3 Å². The number of benzene rings is 1. The van der Waals surface area contributed by atoms with E-state index in [9.17, 15) is 14.7 Å². The van der Waals surface area contributed by atoms with E-state index in [0.29, 0.717) is 0 Å². The van der Waals surface area contributed by atoms with Gasteiger partial charge >= 0.3 is 0 Å². The van der Waals surface area contributed by atoms with E-state index in [-0.39, 0.29) is 22.3 Å². The Balaban J connectivity index is 2.22. The molecule has 1 aromatic carbocycles. The number of fused-ring (bicyclic) bond motifs is 1. The van der Waals surface area contributed by atoms with Crippen molar-refractivity contribution in [3.05, 3.63) is 51.3 Å². The van der Waals surface area contributed by atoms with Gasteiger partial charge in [-0.2, -0.15) is 0 Å². The second kappa shape index (κ2) is 5.23. The van der Waals surface area contributed by atoms with E-state index in [1.54, 1.807) is 0 Å². The van der Waals surface area contributed by atoms with Crippen molar-refractivity contribution in [3.8, 4) is 5.88 Å². The predicted octanol–water partition coefficient (Wildman–Crippen LogP) is 1.01. The van der Waals surface area contributed by atoms with Crippen LogP contribution < -0.4 is 11.3 Å². The fourth-order valence-corrected chi connectivity index (χ4v) is 2.90. The van der Waals surface area contributed by atoms with Crippen molar-refractivity contribution in [1.29, 1.82) is 0 Å². The number of nitrogens with zero attached hydrogens (tertiary/aromatic N) is 3. The molecule has 0 saturated carbocycles. The third-order valence-corrected chi connectivity index (χ3v) is 4.09. The number of aromatic nitrogens is 3. The highest BCUT2D eigenvalue weighted by Gasteiger charge is 2.22. The van der Waals surface area contributed by atoms with E-state index in [2.05, 4.69) is 9.59 Å². The number of aromatic hydroxyl groups is 1. The van der Waals surface area contributed by atoms with Crippen LogP contribution in [0.4, 0.5) is 0 Å². The quantitative estimate of drug-likeness (QED) is 0.749. The van der Waals surface area contributed by atoms with Crippen LogP contribution in [0.5, 0.6) is 5.88 Å². The van der Waals surface area contributed by atoms with Gasteiger partial charge in [-0.05, 0) is 24.0 Å². The Labute approximate surface area is 128 Å². The van der Waals surface area contributed by atoms with Crippen molar-refractivity contribution < 1.29 is 9.90 Å². The third-order valence-electron chi connectivity index (χ3n) is 3.35. The van der Waals surface area contributed by atoms with Crippen LogP contribution in [-0.2, 0) is 6.54 Å². The lowest BCUT2D eigenvalue weighted by atomic mass is 10.1. The second-order valence-corrected chi connectivity index (χ2v) is 5.64. The average Bonchev–Trinajstić information content (AvgIpc) is 2.94. The van der Waals surface area contributed by atoms with Crippen molar-refractivity contribution in [3.63, 3.8) is 0 Å². The van der Waals surface area contributed by atoms with Crippen molar-refractivity contribution in [2.45, 2.75) is 13.5 Å². The Morgan fingerprint density at radius 3 is 2.68 bits per heavy atom. The lowest BCUT2D eigenvalue weighted by Crippen LogP contribution is -2.25. The first kappa shape index (κ1) is 14.2. The summed E-state index contributed by atoms with van der Waals surface area (Å²) in [6, 6.07) is 7.48. The lowest BCUT2D eigenvalue weighted by molar-refractivity contribution is 0.0998. The molecule has 0 saturated heterocycles. The number of carbonyl (C=O) groups excluding carboxylic acids is 1. The van der Waals surface area contributed by atoms with Crippen LogP contribution in [0.25, 0.3) is 10.2 Å². The van der Waals surface area contributed by atoms with Gasteiger partial charge in [0.25, 0.3) is 11.5 Å². The van der Waals surface area contributed by atoms with Crippen molar-refractivity contribution in [1.82, 2.24) is 14.2 Å². The number of hydrogen-bond acceptors (Lipinski definition) is 6. The number of primary amides is 1. The molecule has 3 N–H and O–H groups in total. The first-order valence-electron chi connectivity index (χ1n) is 6.42. The zero-order chi connectivity index (χ0) is 15.9. The SMILES string of the molecule is Cc1ccc(Cn2c(O)c(C(N)=O)c3snnc3c2=O)cc1. The molecule has 0 aliphatic heterocycles. The molecule has 0 aliphatic carbocycles. The van der Waals surface area contributed by atoms with Crippen molar-refractivity contribution in [2.24, 2.45) is 5.73 Å². The first-order chi connectivity index (χ1) is 10.5. The number of nitrogens with two attached hydrogens (primary N) is 1. The number of pyridine rings is 1. The molecule has 22 heavy (non-hydrogen) atoms. The largest absolute Gasteiger partial charge is 0.494 e. The molecule has 112 valence electrons. The summed E-state index contributed by atoms with van der Waals surface area (Å²) >= 11 is 0.852. The van der Waals surface area contributed by atoms with Gasteiger partial charge in [0, 0.05) is 0 Å². The van der Waals surface area contributed by atoms with Crippen LogP contribution in [0, 0.1) is 6.92 Å². The van der Waals surface area contributed by atoms with Gasteiger partial charge in [0.05, 0.1) is 11.2 Å². The number of carbonyl (C=O) groups is 1. The summed E-state index contributed by atoms with van der Waals surface area (Å²) in [5.41, 5.74) is 6.59. The van der Waals surface area contributed by atoms with E-state index in [1.165, 1.54) is 0 Å². The Morgan fingerprint density at radius 1 is 1.36 bits per heavy atom. The topological polar surface area (TPSA) is 111 Å².